The standard InChI is InChI=1S/C12H21P/c1-4-10(2)12(3)7-5-11(9-13)6-8-12/h5-7,10H,4,8-9,13H2,1-3H3. The maximum atomic E-state index is 2.78. The third kappa shape index (κ3) is 2.44. The van der Waals surface area contributed by atoms with Crippen LogP contribution >= 0.6 is 9.24 Å². The van der Waals surface area contributed by atoms with Crippen molar-refractivity contribution in [2.24, 2.45) is 11.3 Å². The summed E-state index contributed by atoms with van der Waals surface area (Å²) in [6.45, 7) is 7.00. The molecule has 0 aromatic rings. The van der Waals surface area contributed by atoms with Crippen LogP contribution in [-0.2, 0) is 0 Å². The van der Waals surface area contributed by atoms with Crippen molar-refractivity contribution in [1.82, 2.24) is 0 Å². The van der Waals surface area contributed by atoms with Crippen molar-refractivity contribution < 1.29 is 0 Å². The van der Waals surface area contributed by atoms with Crippen molar-refractivity contribution in [3.8, 4) is 0 Å². The van der Waals surface area contributed by atoms with Gasteiger partial charge in [0.05, 0.1) is 0 Å². The summed E-state index contributed by atoms with van der Waals surface area (Å²) in [5.74, 6) is 0.783. The van der Waals surface area contributed by atoms with E-state index >= 15 is 0 Å². The van der Waals surface area contributed by atoms with Crippen LogP contribution in [0.3, 0.4) is 0 Å². The Morgan fingerprint density at radius 1 is 1.62 bits per heavy atom. The summed E-state index contributed by atoms with van der Waals surface area (Å²) < 4.78 is 0. The molecule has 0 saturated carbocycles. The van der Waals surface area contributed by atoms with Gasteiger partial charge in [0.1, 0.15) is 0 Å². The Morgan fingerprint density at radius 2 is 2.31 bits per heavy atom. The molecule has 0 saturated heterocycles. The Balaban J connectivity index is 2.68. The van der Waals surface area contributed by atoms with Gasteiger partial charge in [-0.15, -0.1) is 9.24 Å². The molecule has 3 unspecified atom stereocenters. The minimum absolute atomic E-state index is 0.401. The van der Waals surface area contributed by atoms with Crippen molar-refractivity contribution >= 4 is 9.24 Å². The van der Waals surface area contributed by atoms with Gasteiger partial charge in [0.15, 0.2) is 0 Å². The molecule has 0 aromatic heterocycles. The molecule has 0 heterocycles. The lowest BCUT2D eigenvalue weighted by Crippen LogP contribution is -2.23. The summed E-state index contributed by atoms with van der Waals surface area (Å²) in [6, 6.07) is 0. The van der Waals surface area contributed by atoms with Crippen LogP contribution in [-0.4, -0.2) is 6.16 Å². The molecule has 1 aliphatic carbocycles. The highest BCUT2D eigenvalue weighted by atomic mass is 31.0. The van der Waals surface area contributed by atoms with Crippen molar-refractivity contribution in [3.63, 3.8) is 0 Å². The zero-order valence-electron chi connectivity index (χ0n) is 9.01. The topological polar surface area (TPSA) is 0 Å². The Kier molecular flexibility index (Phi) is 3.74. The molecule has 1 aliphatic rings. The van der Waals surface area contributed by atoms with E-state index in [2.05, 4.69) is 48.2 Å². The fourth-order valence-corrected chi connectivity index (χ4v) is 2.07. The smallest absolute Gasteiger partial charge is 0.00831 e. The van der Waals surface area contributed by atoms with Crippen molar-refractivity contribution in [2.45, 2.75) is 33.6 Å². The first-order chi connectivity index (χ1) is 6.12. The molecule has 74 valence electrons. The Hall–Kier alpha value is -0.0900. The second kappa shape index (κ2) is 4.42. The molecule has 0 bridgehead atoms. The van der Waals surface area contributed by atoms with Gasteiger partial charge < -0.3 is 0 Å². The highest BCUT2D eigenvalue weighted by molar-refractivity contribution is 7.16. The monoisotopic (exact) mass is 196 g/mol. The van der Waals surface area contributed by atoms with Gasteiger partial charge in [0.2, 0.25) is 0 Å². The molecule has 0 fully saturated rings. The van der Waals surface area contributed by atoms with Crippen LogP contribution in [0, 0.1) is 11.3 Å². The Bertz CT molecular complexity index is 227. The summed E-state index contributed by atoms with van der Waals surface area (Å²) in [7, 11) is 2.78. The number of hydrogen-bond donors (Lipinski definition) is 0. The van der Waals surface area contributed by atoms with E-state index in [0.29, 0.717) is 5.41 Å². The zero-order chi connectivity index (χ0) is 9.90. The first-order valence-electron chi connectivity index (χ1n) is 5.20. The molecule has 0 nitrogen and oxygen atoms in total. The van der Waals surface area contributed by atoms with Gasteiger partial charge in [-0.25, -0.2) is 0 Å². The predicted octanol–water partition coefficient (Wildman–Crippen LogP) is 3.80. The molecule has 0 N–H and O–H groups in total. The van der Waals surface area contributed by atoms with Crippen molar-refractivity contribution in [2.75, 3.05) is 6.16 Å². The molecule has 1 heteroatoms. The van der Waals surface area contributed by atoms with Crippen LogP contribution in [0.4, 0.5) is 0 Å². The van der Waals surface area contributed by atoms with Gasteiger partial charge in [0, 0.05) is 0 Å². The molecule has 3 atom stereocenters. The fourth-order valence-electron chi connectivity index (χ4n) is 1.77. The van der Waals surface area contributed by atoms with Gasteiger partial charge in [-0.2, -0.15) is 0 Å². The Labute approximate surface area is 84.7 Å². The molecular weight excluding hydrogens is 175 g/mol. The van der Waals surface area contributed by atoms with E-state index in [-0.39, 0.29) is 0 Å². The summed E-state index contributed by atoms with van der Waals surface area (Å²) >= 11 is 0. The van der Waals surface area contributed by atoms with E-state index in [1.54, 1.807) is 0 Å². The molecule has 0 aromatic carbocycles. The van der Waals surface area contributed by atoms with Gasteiger partial charge in [-0.1, -0.05) is 45.4 Å². The summed E-state index contributed by atoms with van der Waals surface area (Å²) in [4.78, 5) is 0. The summed E-state index contributed by atoms with van der Waals surface area (Å²) in [5, 5.41) is 0. The minimum atomic E-state index is 0.401. The van der Waals surface area contributed by atoms with E-state index in [4.69, 9.17) is 0 Å². The largest absolute Gasteiger partial charge is 0.133 e. The first kappa shape index (κ1) is 11.0. The third-order valence-electron chi connectivity index (χ3n) is 3.46. The summed E-state index contributed by atoms with van der Waals surface area (Å²) in [6.07, 6.45) is 10.7. The van der Waals surface area contributed by atoms with Gasteiger partial charge in [-0.05, 0) is 29.5 Å². The maximum absolute atomic E-state index is 2.78. The van der Waals surface area contributed by atoms with Gasteiger partial charge in [-0.3, -0.25) is 0 Å². The molecule has 0 radical (unpaired) electrons. The molecule has 0 spiro atoms. The second-order valence-electron chi connectivity index (χ2n) is 4.34. The van der Waals surface area contributed by atoms with Crippen molar-refractivity contribution in [1.29, 1.82) is 0 Å². The maximum Gasteiger partial charge on any atom is -0.00831 e. The average molecular weight is 196 g/mol. The van der Waals surface area contributed by atoms with Crippen LogP contribution in [0.1, 0.15) is 33.6 Å². The highest BCUT2D eigenvalue weighted by Gasteiger charge is 2.27. The van der Waals surface area contributed by atoms with Crippen LogP contribution < -0.4 is 0 Å². The van der Waals surface area contributed by atoms with Gasteiger partial charge in [0.25, 0.3) is 0 Å². The summed E-state index contributed by atoms with van der Waals surface area (Å²) in [5.41, 5.74) is 1.86. The van der Waals surface area contributed by atoms with E-state index in [0.717, 1.165) is 12.1 Å². The lowest BCUT2D eigenvalue weighted by Gasteiger charge is -2.33. The average Bonchev–Trinajstić information content (AvgIpc) is 2.18. The van der Waals surface area contributed by atoms with Crippen LogP contribution in [0.2, 0.25) is 0 Å². The third-order valence-corrected chi connectivity index (χ3v) is 3.93. The van der Waals surface area contributed by atoms with Gasteiger partial charge >= 0.3 is 0 Å². The molecular formula is C12H21P. The van der Waals surface area contributed by atoms with Crippen LogP contribution in [0.15, 0.2) is 23.8 Å². The quantitative estimate of drug-likeness (QED) is 0.602. The number of allylic oxidation sites excluding steroid dienone is 4. The molecule has 0 aliphatic heterocycles. The second-order valence-corrected chi connectivity index (χ2v) is 4.74. The lowest BCUT2D eigenvalue weighted by molar-refractivity contribution is 0.268. The Morgan fingerprint density at radius 3 is 2.69 bits per heavy atom. The first-order valence-corrected chi connectivity index (χ1v) is 6.02. The highest BCUT2D eigenvalue weighted by Crippen LogP contribution is 2.38. The van der Waals surface area contributed by atoms with E-state index in [1.165, 1.54) is 18.4 Å². The van der Waals surface area contributed by atoms with E-state index in [1.807, 2.05) is 0 Å². The van der Waals surface area contributed by atoms with Crippen LogP contribution in [0.25, 0.3) is 0 Å². The molecule has 13 heavy (non-hydrogen) atoms. The minimum Gasteiger partial charge on any atom is -0.133 e. The molecule has 0 amide bonds. The SMILES string of the molecule is CCC(C)C1(C)C=CC(CP)=CC1. The number of hydrogen-bond acceptors (Lipinski definition) is 0. The predicted molar refractivity (Wildman–Crippen MR) is 64.0 cm³/mol. The van der Waals surface area contributed by atoms with E-state index < -0.39 is 0 Å². The normalized spacial score (nSPS) is 30.0. The lowest BCUT2D eigenvalue weighted by atomic mass is 9.72. The molecule has 1 rings (SSSR count). The number of rotatable bonds is 3. The van der Waals surface area contributed by atoms with Crippen molar-refractivity contribution in [3.05, 3.63) is 23.8 Å². The van der Waals surface area contributed by atoms with E-state index in [9.17, 15) is 0 Å². The fraction of sp³-hybridized carbons (Fsp3) is 0.667. The zero-order valence-corrected chi connectivity index (χ0v) is 10.2. The van der Waals surface area contributed by atoms with Crippen LogP contribution in [0.5, 0.6) is 0 Å².